The highest BCUT2D eigenvalue weighted by atomic mass is 32.2. The van der Waals surface area contributed by atoms with E-state index in [9.17, 15) is 13.2 Å². The zero-order valence-corrected chi connectivity index (χ0v) is 18.1. The lowest BCUT2D eigenvalue weighted by Crippen LogP contribution is -2.45. The molecule has 3 aromatic carbocycles. The highest BCUT2D eigenvalue weighted by Gasteiger charge is 2.48. The number of benzene rings is 3. The van der Waals surface area contributed by atoms with Gasteiger partial charge in [0.05, 0.1) is 10.5 Å². The van der Waals surface area contributed by atoms with Gasteiger partial charge in [0.15, 0.2) is 0 Å². The Labute approximate surface area is 182 Å². The standard InChI is InChI=1S/C25H23NO4S/c1-18-6-8-19(9-7-18)20-10-12-21(13-11-20)31(28,29)26-16-14-25(15-17-26)23-5-3-2-4-22(23)24(27)30-25/h2-13H,14-17H2,1H3. The second-order valence-electron chi connectivity index (χ2n) is 8.22. The quantitative estimate of drug-likeness (QED) is 0.570. The summed E-state index contributed by atoms with van der Waals surface area (Å²) in [5.41, 5.74) is 3.96. The number of rotatable bonds is 3. The maximum absolute atomic E-state index is 13.2. The average Bonchev–Trinajstić information content (AvgIpc) is 3.06. The molecular formula is C25H23NO4S. The fourth-order valence-corrected chi connectivity index (χ4v) is 5.96. The number of aryl methyl sites for hydroxylation is 1. The minimum absolute atomic E-state index is 0.281. The number of hydrogen-bond acceptors (Lipinski definition) is 4. The first-order chi connectivity index (χ1) is 14.9. The lowest BCUT2D eigenvalue weighted by atomic mass is 9.84. The summed E-state index contributed by atoms with van der Waals surface area (Å²) in [7, 11) is -3.61. The third kappa shape index (κ3) is 3.36. The van der Waals surface area contributed by atoms with Gasteiger partial charge in [0.25, 0.3) is 0 Å². The molecule has 2 aliphatic heterocycles. The van der Waals surface area contributed by atoms with Crippen LogP contribution in [0.3, 0.4) is 0 Å². The Balaban J connectivity index is 1.35. The van der Waals surface area contributed by atoms with E-state index in [1.165, 1.54) is 9.87 Å². The smallest absolute Gasteiger partial charge is 0.339 e. The Kier molecular flexibility index (Phi) is 4.72. The van der Waals surface area contributed by atoms with Gasteiger partial charge in [0.1, 0.15) is 5.60 Å². The predicted octanol–water partition coefficient (Wildman–Crippen LogP) is 4.51. The fourth-order valence-electron chi connectivity index (χ4n) is 4.52. The van der Waals surface area contributed by atoms with Crippen LogP contribution in [0.25, 0.3) is 11.1 Å². The highest BCUT2D eigenvalue weighted by Crippen LogP contribution is 2.44. The van der Waals surface area contributed by atoms with Crippen molar-refractivity contribution < 1.29 is 17.9 Å². The molecule has 5 nitrogen and oxygen atoms in total. The number of piperidine rings is 1. The second kappa shape index (κ2) is 7.32. The van der Waals surface area contributed by atoms with Crippen LogP contribution in [-0.4, -0.2) is 31.8 Å². The van der Waals surface area contributed by atoms with Crippen molar-refractivity contribution in [1.29, 1.82) is 0 Å². The van der Waals surface area contributed by atoms with Crippen LogP contribution in [0.4, 0.5) is 0 Å². The lowest BCUT2D eigenvalue weighted by Gasteiger charge is -2.37. The molecule has 2 aliphatic rings. The van der Waals surface area contributed by atoms with Gasteiger partial charge in [-0.05, 0) is 36.2 Å². The van der Waals surface area contributed by atoms with Crippen molar-refractivity contribution in [2.45, 2.75) is 30.3 Å². The van der Waals surface area contributed by atoms with Crippen LogP contribution >= 0.6 is 0 Å². The predicted molar refractivity (Wildman–Crippen MR) is 118 cm³/mol. The molecular weight excluding hydrogens is 410 g/mol. The van der Waals surface area contributed by atoms with E-state index in [1.54, 1.807) is 18.2 Å². The van der Waals surface area contributed by atoms with Gasteiger partial charge in [-0.3, -0.25) is 0 Å². The first kappa shape index (κ1) is 20.0. The molecule has 0 aliphatic carbocycles. The Morgan fingerprint density at radius 2 is 1.42 bits per heavy atom. The van der Waals surface area contributed by atoms with Crippen molar-refractivity contribution >= 4 is 16.0 Å². The van der Waals surface area contributed by atoms with Gasteiger partial charge in [-0.25, -0.2) is 13.2 Å². The van der Waals surface area contributed by atoms with E-state index in [1.807, 2.05) is 61.5 Å². The number of carbonyl (C=O) groups is 1. The third-order valence-corrected chi connectivity index (χ3v) is 8.25. The number of ether oxygens (including phenoxy) is 1. The first-order valence-electron chi connectivity index (χ1n) is 10.4. The fraction of sp³-hybridized carbons (Fsp3) is 0.240. The molecule has 0 amide bonds. The second-order valence-corrected chi connectivity index (χ2v) is 10.2. The van der Waals surface area contributed by atoms with Crippen molar-refractivity contribution in [2.75, 3.05) is 13.1 Å². The summed E-state index contributed by atoms with van der Waals surface area (Å²) < 4.78 is 33.7. The summed E-state index contributed by atoms with van der Waals surface area (Å²) in [6.07, 6.45) is 0.910. The largest absolute Gasteiger partial charge is 0.450 e. The van der Waals surface area contributed by atoms with Crippen LogP contribution < -0.4 is 0 Å². The van der Waals surface area contributed by atoms with E-state index >= 15 is 0 Å². The Morgan fingerprint density at radius 1 is 0.839 bits per heavy atom. The van der Waals surface area contributed by atoms with Crippen molar-refractivity contribution in [3.05, 3.63) is 89.5 Å². The number of sulfonamides is 1. The van der Waals surface area contributed by atoms with Gasteiger partial charge in [0, 0.05) is 31.5 Å². The van der Waals surface area contributed by atoms with Crippen LogP contribution in [0.2, 0.25) is 0 Å². The van der Waals surface area contributed by atoms with E-state index in [4.69, 9.17) is 4.74 Å². The summed E-state index contributed by atoms with van der Waals surface area (Å²) in [6, 6.07) is 22.6. The summed E-state index contributed by atoms with van der Waals surface area (Å²) >= 11 is 0. The highest BCUT2D eigenvalue weighted by molar-refractivity contribution is 7.89. The van der Waals surface area contributed by atoms with Crippen LogP contribution in [0.5, 0.6) is 0 Å². The maximum Gasteiger partial charge on any atom is 0.339 e. The zero-order chi connectivity index (χ0) is 21.6. The molecule has 5 rings (SSSR count). The van der Waals surface area contributed by atoms with Crippen molar-refractivity contribution in [3.8, 4) is 11.1 Å². The Morgan fingerprint density at radius 3 is 2.06 bits per heavy atom. The molecule has 0 unspecified atom stereocenters. The molecule has 2 heterocycles. The Bertz CT molecular complexity index is 1240. The van der Waals surface area contributed by atoms with E-state index in [-0.39, 0.29) is 10.9 Å². The molecule has 0 N–H and O–H groups in total. The van der Waals surface area contributed by atoms with Crippen molar-refractivity contribution in [3.63, 3.8) is 0 Å². The molecule has 1 saturated heterocycles. The monoisotopic (exact) mass is 433 g/mol. The van der Waals surface area contributed by atoms with Gasteiger partial charge in [-0.2, -0.15) is 4.31 Å². The molecule has 0 aromatic heterocycles. The molecule has 31 heavy (non-hydrogen) atoms. The van der Waals surface area contributed by atoms with Gasteiger partial charge in [0.2, 0.25) is 10.0 Å². The molecule has 0 radical (unpaired) electrons. The molecule has 158 valence electrons. The van der Waals surface area contributed by atoms with E-state index < -0.39 is 15.6 Å². The molecule has 0 saturated carbocycles. The van der Waals surface area contributed by atoms with Crippen LogP contribution in [-0.2, 0) is 20.4 Å². The van der Waals surface area contributed by atoms with Gasteiger partial charge in [-0.15, -0.1) is 0 Å². The van der Waals surface area contributed by atoms with E-state index in [0.717, 1.165) is 16.7 Å². The summed E-state index contributed by atoms with van der Waals surface area (Å²) in [4.78, 5) is 12.5. The lowest BCUT2D eigenvalue weighted by molar-refractivity contribution is -0.0329. The van der Waals surface area contributed by atoms with Crippen molar-refractivity contribution in [2.24, 2.45) is 0 Å². The van der Waals surface area contributed by atoms with Gasteiger partial charge < -0.3 is 4.74 Å². The summed E-state index contributed by atoms with van der Waals surface area (Å²) in [5, 5.41) is 0. The number of nitrogens with zero attached hydrogens (tertiary/aromatic N) is 1. The Hall–Kier alpha value is -2.96. The maximum atomic E-state index is 13.2. The molecule has 1 spiro atoms. The van der Waals surface area contributed by atoms with Gasteiger partial charge in [-0.1, -0.05) is 60.2 Å². The topological polar surface area (TPSA) is 63.7 Å². The third-order valence-electron chi connectivity index (χ3n) is 6.33. The number of esters is 1. The first-order valence-corrected chi connectivity index (χ1v) is 11.8. The van der Waals surface area contributed by atoms with Gasteiger partial charge >= 0.3 is 5.97 Å². The number of carbonyl (C=O) groups excluding carboxylic acids is 1. The van der Waals surface area contributed by atoms with Crippen LogP contribution in [0.15, 0.2) is 77.7 Å². The summed E-state index contributed by atoms with van der Waals surface area (Å²) in [5.74, 6) is -0.321. The SMILES string of the molecule is Cc1ccc(-c2ccc(S(=O)(=O)N3CCC4(CC3)OC(=O)c3ccccc34)cc2)cc1. The minimum Gasteiger partial charge on any atom is -0.450 e. The molecule has 1 fully saturated rings. The molecule has 3 aromatic rings. The number of hydrogen-bond donors (Lipinski definition) is 0. The molecule has 0 atom stereocenters. The van der Waals surface area contributed by atoms with E-state index in [0.29, 0.717) is 31.5 Å². The van der Waals surface area contributed by atoms with Crippen molar-refractivity contribution in [1.82, 2.24) is 4.31 Å². The number of fused-ring (bicyclic) bond motifs is 2. The van der Waals surface area contributed by atoms with Crippen LogP contribution in [0, 0.1) is 6.92 Å². The summed E-state index contributed by atoms with van der Waals surface area (Å²) in [6.45, 7) is 2.65. The average molecular weight is 434 g/mol. The van der Waals surface area contributed by atoms with Crippen LogP contribution in [0.1, 0.15) is 34.3 Å². The molecule has 0 bridgehead atoms. The normalized spacial score (nSPS) is 18.0. The zero-order valence-electron chi connectivity index (χ0n) is 17.2. The minimum atomic E-state index is -3.61. The molecule has 6 heteroatoms. The van der Waals surface area contributed by atoms with E-state index in [2.05, 4.69) is 0 Å².